The van der Waals surface area contributed by atoms with E-state index in [4.69, 9.17) is 20.9 Å². The fraction of sp³-hybridized carbons (Fsp3) is 0.250. The van der Waals surface area contributed by atoms with Crippen LogP contribution >= 0.6 is 23.1 Å². The van der Waals surface area contributed by atoms with Gasteiger partial charge in [-0.05, 0) is 25.1 Å². The second-order valence-corrected chi connectivity index (χ2v) is 6.87. The third-order valence-electron chi connectivity index (χ3n) is 3.26. The molecule has 3 aromatic rings. The third-order valence-corrected chi connectivity index (χ3v) is 5.08. The minimum absolute atomic E-state index is 0.112. The number of nitrogens with two attached hydrogens (primary N) is 2. The van der Waals surface area contributed by atoms with Gasteiger partial charge < -0.3 is 20.9 Å². The van der Waals surface area contributed by atoms with Crippen molar-refractivity contribution in [3.05, 3.63) is 29.3 Å². The second kappa shape index (κ2) is 8.19. The number of nitrogen functional groups attached to an aromatic ring is 2. The van der Waals surface area contributed by atoms with Crippen LogP contribution in [-0.2, 0) is 5.75 Å². The summed E-state index contributed by atoms with van der Waals surface area (Å²) in [4.78, 5) is 16.5. The average Bonchev–Trinajstić information content (AvgIpc) is 3.09. The third kappa shape index (κ3) is 4.33. The van der Waals surface area contributed by atoms with Crippen molar-refractivity contribution >= 4 is 35.0 Å². The number of thioether (sulfide) groups is 1. The van der Waals surface area contributed by atoms with Crippen LogP contribution in [0.15, 0.2) is 28.7 Å². The zero-order valence-corrected chi connectivity index (χ0v) is 15.9. The number of benzene rings is 1. The lowest BCUT2D eigenvalue weighted by atomic mass is 10.2. The van der Waals surface area contributed by atoms with E-state index >= 15 is 0 Å². The molecule has 3 rings (SSSR count). The highest BCUT2D eigenvalue weighted by molar-refractivity contribution is 7.98. The molecule has 0 aliphatic heterocycles. The molecule has 0 saturated carbocycles. The molecule has 0 atom stereocenters. The van der Waals surface area contributed by atoms with Crippen molar-refractivity contribution in [2.24, 2.45) is 0 Å². The Labute approximate surface area is 159 Å². The maximum absolute atomic E-state index is 5.58. The molecule has 0 saturated heterocycles. The van der Waals surface area contributed by atoms with Crippen LogP contribution in [0.4, 0.5) is 11.9 Å². The van der Waals surface area contributed by atoms with Crippen molar-refractivity contribution in [3.8, 4) is 22.1 Å². The SMILES string of the molecule is CCOc1ccc(-c2nc(CSc3nc(N)nc(N)n3)cs2)cc1OC. The van der Waals surface area contributed by atoms with Gasteiger partial charge in [-0.1, -0.05) is 11.8 Å². The number of hydrogen-bond acceptors (Lipinski definition) is 10. The number of nitrogens with zero attached hydrogens (tertiary/aromatic N) is 4. The predicted octanol–water partition coefficient (Wildman–Crippen LogP) is 2.86. The van der Waals surface area contributed by atoms with Crippen LogP contribution < -0.4 is 20.9 Å². The smallest absolute Gasteiger partial charge is 0.225 e. The van der Waals surface area contributed by atoms with E-state index in [0.717, 1.165) is 22.0 Å². The van der Waals surface area contributed by atoms with Crippen molar-refractivity contribution in [2.45, 2.75) is 17.8 Å². The van der Waals surface area contributed by atoms with Crippen molar-refractivity contribution < 1.29 is 9.47 Å². The number of thiazole rings is 1. The van der Waals surface area contributed by atoms with Gasteiger partial charge in [-0.25, -0.2) is 4.98 Å². The molecular weight excluding hydrogens is 372 g/mol. The Balaban J connectivity index is 1.73. The fourth-order valence-electron chi connectivity index (χ4n) is 2.17. The van der Waals surface area contributed by atoms with Gasteiger partial charge in [-0.2, -0.15) is 15.0 Å². The Bertz CT molecular complexity index is 882. The van der Waals surface area contributed by atoms with E-state index in [1.54, 1.807) is 18.4 Å². The van der Waals surface area contributed by atoms with Crippen LogP contribution in [0.1, 0.15) is 12.6 Å². The molecule has 136 valence electrons. The number of hydrogen-bond donors (Lipinski definition) is 2. The number of ether oxygens (including phenoxy) is 2. The summed E-state index contributed by atoms with van der Waals surface area (Å²) < 4.78 is 10.9. The minimum Gasteiger partial charge on any atom is -0.493 e. The van der Waals surface area contributed by atoms with Crippen LogP contribution in [0.2, 0.25) is 0 Å². The molecule has 4 N–H and O–H groups in total. The first kappa shape index (κ1) is 18.2. The van der Waals surface area contributed by atoms with Crippen LogP contribution in [0.25, 0.3) is 10.6 Å². The fourth-order valence-corrected chi connectivity index (χ4v) is 3.84. The molecule has 0 unspecified atom stereocenters. The Morgan fingerprint density at radius 3 is 2.54 bits per heavy atom. The zero-order chi connectivity index (χ0) is 18.5. The standard InChI is InChI=1S/C16H18N6O2S2/c1-3-24-11-5-4-9(6-12(11)23-2)13-19-10(7-25-13)8-26-16-21-14(17)20-15(18)22-16/h4-7H,3,8H2,1-2H3,(H4,17,18,20,21,22). The summed E-state index contributed by atoms with van der Waals surface area (Å²) in [7, 11) is 1.62. The van der Waals surface area contributed by atoms with Crippen molar-refractivity contribution in [1.82, 2.24) is 19.9 Å². The molecule has 2 aromatic heterocycles. The highest BCUT2D eigenvalue weighted by Crippen LogP contribution is 2.34. The van der Waals surface area contributed by atoms with E-state index in [9.17, 15) is 0 Å². The van der Waals surface area contributed by atoms with E-state index < -0.39 is 0 Å². The van der Waals surface area contributed by atoms with Crippen molar-refractivity contribution in [1.29, 1.82) is 0 Å². The Hall–Kier alpha value is -2.59. The van der Waals surface area contributed by atoms with Gasteiger partial charge in [-0.15, -0.1) is 11.3 Å². The summed E-state index contributed by atoms with van der Waals surface area (Å²) in [5, 5.41) is 3.38. The number of anilines is 2. The molecule has 26 heavy (non-hydrogen) atoms. The molecule has 0 fully saturated rings. The monoisotopic (exact) mass is 390 g/mol. The zero-order valence-electron chi connectivity index (χ0n) is 14.3. The van der Waals surface area contributed by atoms with Gasteiger partial charge in [-0.3, -0.25) is 0 Å². The Morgan fingerprint density at radius 2 is 1.85 bits per heavy atom. The lowest BCUT2D eigenvalue weighted by Gasteiger charge is -2.09. The summed E-state index contributed by atoms with van der Waals surface area (Å²) in [6.07, 6.45) is 0. The largest absolute Gasteiger partial charge is 0.493 e. The first-order valence-corrected chi connectivity index (χ1v) is 9.61. The first-order chi connectivity index (χ1) is 12.6. The normalized spacial score (nSPS) is 10.7. The van der Waals surface area contributed by atoms with Crippen molar-refractivity contribution in [2.75, 3.05) is 25.2 Å². The van der Waals surface area contributed by atoms with Crippen LogP contribution in [0.3, 0.4) is 0 Å². The van der Waals surface area contributed by atoms with Gasteiger partial charge in [0.1, 0.15) is 5.01 Å². The first-order valence-electron chi connectivity index (χ1n) is 7.74. The highest BCUT2D eigenvalue weighted by Gasteiger charge is 2.11. The van der Waals surface area contributed by atoms with Crippen LogP contribution in [0, 0.1) is 0 Å². The summed E-state index contributed by atoms with van der Waals surface area (Å²) in [6, 6.07) is 5.79. The summed E-state index contributed by atoms with van der Waals surface area (Å²) in [5.74, 6) is 2.23. The van der Waals surface area contributed by atoms with E-state index in [1.807, 2.05) is 30.5 Å². The molecular formula is C16H18N6O2S2. The minimum atomic E-state index is 0.112. The number of methoxy groups -OCH3 is 1. The van der Waals surface area contributed by atoms with Gasteiger partial charge in [0.2, 0.25) is 11.9 Å². The maximum atomic E-state index is 5.58. The van der Waals surface area contributed by atoms with Crippen LogP contribution in [-0.4, -0.2) is 33.7 Å². The lowest BCUT2D eigenvalue weighted by Crippen LogP contribution is -2.03. The molecule has 0 amide bonds. The Kier molecular flexibility index (Phi) is 5.74. The molecule has 0 aliphatic carbocycles. The van der Waals surface area contributed by atoms with E-state index in [2.05, 4.69) is 19.9 Å². The number of rotatable bonds is 7. The van der Waals surface area contributed by atoms with Crippen LogP contribution in [0.5, 0.6) is 11.5 Å². The average molecular weight is 390 g/mol. The molecule has 0 aliphatic rings. The van der Waals surface area contributed by atoms with Gasteiger partial charge in [0.05, 0.1) is 19.4 Å². The molecule has 8 nitrogen and oxygen atoms in total. The summed E-state index contributed by atoms with van der Waals surface area (Å²) >= 11 is 2.96. The predicted molar refractivity (Wildman–Crippen MR) is 103 cm³/mol. The molecule has 0 bridgehead atoms. The van der Waals surface area contributed by atoms with Crippen molar-refractivity contribution in [3.63, 3.8) is 0 Å². The maximum Gasteiger partial charge on any atom is 0.225 e. The second-order valence-electron chi connectivity index (χ2n) is 5.07. The molecule has 0 radical (unpaired) electrons. The Morgan fingerprint density at radius 1 is 1.08 bits per heavy atom. The topological polar surface area (TPSA) is 122 Å². The van der Waals surface area contributed by atoms with Gasteiger partial charge in [0.25, 0.3) is 0 Å². The summed E-state index contributed by atoms with van der Waals surface area (Å²) in [6.45, 7) is 2.52. The molecule has 1 aromatic carbocycles. The van der Waals surface area contributed by atoms with Gasteiger partial charge in [0, 0.05) is 16.7 Å². The van der Waals surface area contributed by atoms with Gasteiger partial charge >= 0.3 is 0 Å². The lowest BCUT2D eigenvalue weighted by molar-refractivity contribution is 0.311. The van der Waals surface area contributed by atoms with E-state index in [0.29, 0.717) is 23.3 Å². The van der Waals surface area contributed by atoms with E-state index in [1.165, 1.54) is 11.8 Å². The highest BCUT2D eigenvalue weighted by atomic mass is 32.2. The van der Waals surface area contributed by atoms with E-state index in [-0.39, 0.29) is 11.9 Å². The quantitative estimate of drug-likeness (QED) is 0.586. The van der Waals surface area contributed by atoms with Gasteiger partial charge in [0.15, 0.2) is 16.7 Å². The molecule has 10 heteroatoms. The number of aromatic nitrogens is 4. The summed E-state index contributed by atoms with van der Waals surface area (Å²) in [5.41, 5.74) is 13.0. The molecule has 0 spiro atoms. The molecule has 2 heterocycles.